The SMILES string of the molecule is CCOC(=O)c1c(NC(=O)[C@H](CCSC)N2C(=O)c3ccccc3C2=O)sc2c1CC[NH+](Cc1ccccc1)C2. The van der Waals surface area contributed by atoms with Crippen molar-refractivity contribution in [2.45, 2.75) is 38.9 Å². The van der Waals surface area contributed by atoms with Crippen LogP contribution in [0.5, 0.6) is 0 Å². The number of carbonyl (C=O) groups is 4. The lowest BCUT2D eigenvalue weighted by Gasteiger charge is -2.25. The van der Waals surface area contributed by atoms with Crippen LogP contribution in [-0.4, -0.2) is 59.8 Å². The molecule has 5 rings (SSSR count). The van der Waals surface area contributed by atoms with E-state index in [2.05, 4.69) is 17.4 Å². The molecule has 3 heterocycles. The van der Waals surface area contributed by atoms with Gasteiger partial charge in [-0.2, -0.15) is 11.8 Å². The minimum absolute atomic E-state index is 0.216. The van der Waals surface area contributed by atoms with Crippen molar-refractivity contribution in [3.05, 3.63) is 87.3 Å². The fourth-order valence-corrected chi connectivity index (χ4v) is 7.14. The third kappa shape index (κ3) is 5.56. The van der Waals surface area contributed by atoms with Crippen LogP contribution in [-0.2, 0) is 29.0 Å². The summed E-state index contributed by atoms with van der Waals surface area (Å²) >= 11 is 2.92. The Labute approximate surface area is 241 Å². The van der Waals surface area contributed by atoms with Gasteiger partial charge in [0.25, 0.3) is 11.8 Å². The zero-order valence-electron chi connectivity index (χ0n) is 22.5. The number of hydrogen-bond donors (Lipinski definition) is 2. The van der Waals surface area contributed by atoms with Crippen molar-refractivity contribution >= 4 is 51.8 Å². The van der Waals surface area contributed by atoms with Crippen LogP contribution in [0.3, 0.4) is 0 Å². The molecule has 0 saturated heterocycles. The van der Waals surface area contributed by atoms with Gasteiger partial charge >= 0.3 is 5.97 Å². The number of benzene rings is 2. The number of hydrogen-bond acceptors (Lipinski definition) is 7. The summed E-state index contributed by atoms with van der Waals surface area (Å²) in [7, 11) is 0. The smallest absolute Gasteiger partial charge is 0.341 e. The fourth-order valence-electron chi connectivity index (χ4n) is 5.37. The average molecular weight is 579 g/mol. The molecule has 3 aromatic rings. The molecule has 2 aliphatic rings. The Morgan fingerprint density at radius 3 is 2.40 bits per heavy atom. The number of amides is 3. The molecule has 40 heavy (non-hydrogen) atoms. The first-order valence-corrected chi connectivity index (χ1v) is 15.6. The summed E-state index contributed by atoms with van der Waals surface area (Å²) in [6.07, 6.45) is 2.90. The van der Waals surface area contributed by atoms with E-state index in [1.165, 1.54) is 33.6 Å². The van der Waals surface area contributed by atoms with Crippen molar-refractivity contribution in [2.75, 3.05) is 30.5 Å². The van der Waals surface area contributed by atoms with E-state index < -0.39 is 29.7 Å². The van der Waals surface area contributed by atoms with Gasteiger partial charge in [0.2, 0.25) is 5.91 Å². The highest BCUT2D eigenvalue weighted by Gasteiger charge is 2.43. The normalized spacial score (nSPS) is 16.9. The number of rotatable bonds is 10. The maximum atomic E-state index is 13.8. The molecule has 2 aromatic carbocycles. The number of quaternary nitrogens is 1. The Hall–Kier alpha value is -3.47. The highest BCUT2D eigenvalue weighted by atomic mass is 32.2. The van der Waals surface area contributed by atoms with Gasteiger partial charge < -0.3 is 15.0 Å². The number of carbonyl (C=O) groups excluding carboxylic acids is 4. The van der Waals surface area contributed by atoms with Crippen LogP contribution in [0.4, 0.5) is 5.00 Å². The Morgan fingerprint density at radius 2 is 1.75 bits per heavy atom. The summed E-state index contributed by atoms with van der Waals surface area (Å²) in [5.74, 6) is -1.32. The van der Waals surface area contributed by atoms with Gasteiger partial charge in [0, 0.05) is 12.0 Å². The highest BCUT2D eigenvalue weighted by Crippen LogP contribution is 2.36. The number of nitrogens with one attached hydrogen (secondary N) is 2. The first kappa shape index (κ1) is 28.1. The van der Waals surface area contributed by atoms with E-state index in [9.17, 15) is 19.2 Å². The Kier molecular flexibility index (Phi) is 8.68. The van der Waals surface area contributed by atoms with Gasteiger partial charge in [0.15, 0.2) is 0 Å². The van der Waals surface area contributed by atoms with Gasteiger partial charge in [0.05, 0.1) is 34.7 Å². The summed E-state index contributed by atoms with van der Waals surface area (Å²) in [5.41, 5.74) is 3.15. The molecule has 8 nitrogen and oxygen atoms in total. The largest absolute Gasteiger partial charge is 0.462 e. The second kappa shape index (κ2) is 12.4. The maximum Gasteiger partial charge on any atom is 0.341 e. The predicted molar refractivity (Wildman–Crippen MR) is 156 cm³/mol. The fraction of sp³-hybridized carbons (Fsp3) is 0.333. The highest BCUT2D eigenvalue weighted by molar-refractivity contribution is 7.98. The topological polar surface area (TPSA) is 97.2 Å². The van der Waals surface area contributed by atoms with E-state index in [-0.39, 0.29) is 6.61 Å². The molecule has 1 unspecified atom stereocenters. The molecule has 0 spiro atoms. The van der Waals surface area contributed by atoms with Crippen LogP contribution in [0.15, 0.2) is 54.6 Å². The van der Waals surface area contributed by atoms with E-state index >= 15 is 0 Å². The number of fused-ring (bicyclic) bond motifs is 2. The second-order valence-corrected chi connectivity index (χ2v) is 11.9. The summed E-state index contributed by atoms with van der Waals surface area (Å²) in [5, 5.41) is 3.36. The van der Waals surface area contributed by atoms with E-state index in [1.807, 2.05) is 24.5 Å². The Morgan fingerprint density at radius 1 is 1.07 bits per heavy atom. The molecule has 0 aliphatic carbocycles. The summed E-state index contributed by atoms with van der Waals surface area (Å²) < 4.78 is 5.39. The quantitative estimate of drug-likeness (QED) is 0.283. The van der Waals surface area contributed by atoms with Crippen molar-refractivity contribution in [1.29, 1.82) is 0 Å². The first-order chi connectivity index (χ1) is 19.4. The maximum absolute atomic E-state index is 13.8. The van der Waals surface area contributed by atoms with Crippen LogP contribution >= 0.6 is 23.1 Å². The number of thiophene rings is 1. The van der Waals surface area contributed by atoms with Crippen LogP contribution in [0.1, 0.15) is 60.4 Å². The van der Waals surface area contributed by atoms with Crippen LogP contribution in [0, 0.1) is 0 Å². The lowest BCUT2D eigenvalue weighted by Crippen LogP contribution is -3.10. The molecule has 2 N–H and O–H groups in total. The lowest BCUT2D eigenvalue weighted by atomic mass is 10.0. The summed E-state index contributed by atoms with van der Waals surface area (Å²) in [6.45, 7) is 4.41. The molecular formula is C30H32N3O5S2+. The molecule has 208 valence electrons. The second-order valence-electron chi connectivity index (χ2n) is 9.83. The number of ether oxygens (including phenoxy) is 1. The van der Waals surface area contributed by atoms with Gasteiger partial charge in [-0.3, -0.25) is 19.3 Å². The molecule has 10 heteroatoms. The monoisotopic (exact) mass is 578 g/mol. The number of imide groups is 1. The van der Waals surface area contributed by atoms with Crippen LogP contribution < -0.4 is 10.2 Å². The van der Waals surface area contributed by atoms with Gasteiger partial charge in [0.1, 0.15) is 24.1 Å². The van der Waals surface area contributed by atoms with E-state index in [1.54, 1.807) is 31.2 Å². The van der Waals surface area contributed by atoms with Crippen molar-refractivity contribution in [3.8, 4) is 0 Å². The summed E-state index contributed by atoms with van der Waals surface area (Å²) in [6, 6.07) is 15.9. The zero-order chi connectivity index (χ0) is 28.2. The molecule has 2 atom stereocenters. The van der Waals surface area contributed by atoms with Crippen molar-refractivity contribution in [2.24, 2.45) is 0 Å². The molecule has 0 saturated carbocycles. The molecular weight excluding hydrogens is 546 g/mol. The third-order valence-electron chi connectivity index (χ3n) is 7.28. The van der Waals surface area contributed by atoms with E-state index in [0.717, 1.165) is 35.0 Å². The van der Waals surface area contributed by atoms with Gasteiger partial charge in [-0.05, 0) is 43.0 Å². The minimum atomic E-state index is -1.01. The number of anilines is 1. The number of esters is 1. The van der Waals surface area contributed by atoms with Crippen LogP contribution in [0.2, 0.25) is 0 Å². The molecule has 0 bridgehead atoms. The Balaban J connectivity index is 1.42. The minimum Gasteiger partial charge on any atom is -0.462 e. The third-order valence-corrected chi connectivity index (χ3v) is 9.07. The molecule has 2 aliphatic heterocycles. The first-order valence-electron chi connectivity index (χ1n) is 13.4. The Bertz CT molecular complexity index is 1400. The molecule has 3 amide bonds. The van der Waals surface area contributed by atoms with Crippen LogP contribution in [0.25, 0.3) is 0 Å². The van der Waals surface area contributed by atoms with Crippen molar-refractivity contribution < 1.29 is 28.8 Å². The van der Waals surface area contributed by atoms with Crippen molar-refractivity contribution in [3.63, 3.8) is 0 Å². The van der Waals surface area contributed by atoms with Gasteiger partial charge in [-0.25, -0.2) is 4.79 Å². The number of nitrogens with zero attached hydrogens (tertiary/aromatic N) is 1. The molecule has 1 aromatic heterocycles. The zero-order valence-corrected chi connectivity index (χ0v) is 24.2. The lowest BCUT2D eigenvalue weighted by molar-refractivity contribution is -0.929. The number of thioether (sulfide) groups is 1. The predicted octanol–water partition coefficient (Wildman–Crippen LogP) is 3.42. The molecule has 0 radical (unpaired) electrons. The van der Waals surface area contributed by atoms with Gasteiger partial charge in [-0.1, -0.05) is 42.5 Å². The van der Waals surface area contributed by atoms with E-state index in [4.69, 9.17) is 4.74 Å². The standard InChI is InChI=1S/C30H31N3O5S2/c1-3-38-30(37)25-22-13-15-32(17-19-9-5-4-6-10-19)18-24(22)40-27(25)31-26(34)23(14-16-39-2)33-28(35)20-11-7-8-12-21(20)29(33)36/h4-12,23H,3,13-18H2,1-2H3,(H,31,34)/p+1/t23-/m0/s1. The molecule has 0 fully saturated rings. The van der Waals surface area contributed by atoms with Gasteiger partial charge in [-0.15, -0.1) is 11.3 Å². The van der Waals surface area contributed by atoms with E-state index in [0.29, 0.717) is 40.3 Å². The summed E-state index contributed by atoms with van der Waals surface area (Å²) in [4.78, 5) is 56.8. The average Bonchev–Trinajstić information content (AvgIpc) is 3.43. The van der Waals surface area contributed by atoms with Crippen molar-refractivity contribution in [1.82, 2.24) is 4.90 Å².